The Hall–Kier alpha value is -2.41. The quantitative estimate of drug-likeness (QED) is 0.511. The summed E-state index contributed by atoms with van der Waals surface area (Å²) in [6.45, 7) is 2.12. The van der Waals surface area contributed by atoms with E-state index in [4.69, 9.17) is 4.74 Å². The van der Waals surface area contributed by atoms with E-state index >= 15 is 0 Å². The van der Waals surface area contributed by atoms with Gasteiger partial charge in [0.15, 0.2) is 0 Å². The molecule has 0 aliphatic carbocycles. The fourth-order valence-electron chi connectivity index (χ4n) is 3.80. The second-order valence-corrected chi connectivity index (χ2v) is 6.36. The summed E-state index contributed by atoms with van der Waals surface area (Å²) in [4.78, 5) is 25.7. The molecule has 4 rings (SSSR count). The highest BCUT2D eigenvalue weighted by Gasteiger charge is 2.40. The van der Waals surface area contributed by atoms with Gasteiger partial charge in [-0.1, -0.05) is 0 Å². The van der Waals surface area contributed by atoms with Crippen LogP contribution >= 0.6 is 0 Å². The van der Waals surface area contributed by atoms with Crippen molar-refractivity contribution in [2.45, 2.75) is 31.7 Å². The zero-order valence-corrected chi connectivity index (χ0v) is 13.3. The highest BCUT2D eigenvalue weighted by atomic mass is 16.6. The smallest absolute Gasteiger partial charge is 0.270 e. The number of nitro benzene ring substituents is 1. The predicted molar refractivity (Wildman–Crippen MR) is 88.6 cm³/mol. The Morgan fingerprint density at radius 1 is 1.29 bits per heavy atom. The lowest BCUT2D eigenvalue weighted by molar-refractivity contribution is -0.384. The van der Waals surface area contributed by atoms with Gasteiger partial charge < -0.3 is 15.0 Å². The van der Waals surface area contributed by atoms with Gasteiger partial charge in [0.2, 0.25) is 0 Å². The summed E-state index contributed by atoms with van der Waals surface area (Å²) in [5.41, 5.74) is 3.01. The molecule has 0 bridgehead atoms. The van der Waals surface area contributed by atoms with Crippen LogP contribution in [0.25, 0.3) is 5.57 Å². The fraction of sp³-hybridized carbons (Fsp3) is 0.471. The van der Waals surface area contributed by atoms with Crippen molar-refractivity contribution in [1.29, 1.82) is 0 Å². The lowest BCUT2D eigenvalue weighted by Gasteiger charge is -2.31. The average molecular weight is 329 g/mol. The first-order valence-electron chi connectivity index (χ1n) is 8.34. The van der Waals surface area contributed by atoms with Gasteiger partial charge >= 0.3 is 0 Å². The number of nitrogens with one attached hydrogen (secondary N) is 1. The van der Waals surface area contributed by atoms with Crippen LogP contribution in [0.4, 0.5) is 11.4 Å². The molecule has 3 aliphatic heterocycles. The first-order valence-corrected chi connectivity index (χ1v) is 8.34. The molecular weight excluding hydrogens is 310 g/mol. The van der Waals surface area contributed by atoms with Crippen LogP contribution in [0.1, 0.15) is 31.2 Å². The van der Waals surface area contributed by atoms with Gasteiger partial charge in [-0.2, -0.15) is 0 Å². The Labute approximate surface area is 139 Å². The van der Waals surface area contributed by atoms with E-state index in [-0.39, 0.29) is 17.6 Å². The van der Waals surface area contributed by atoms with Crippen molar-refractivity contribution in [2.75, 3.05) is 24.7 Å². The number of ether oxygens (including phenoxy) is 1. The molecule has 0 saturated carbocycles. The fourth-order valence-corrected chi connectivity index (χ4v) is 3.80. The maximum atomic E-state index is 13.1. The lowest BCUT2D eigenvalue weighted by atomic mass is 10.0. The van der Waals surface area contributed by atoms with Gasteiger partial charge in [0, 0.05) is 49.2 Å². The number of amides is 1. The van der Waals surface area contributed by atoms with E-state index < -0.39 is 4.92 Å². The zero-order valence-electron chi connectivity index (χ0n) is 13.3. The molecule has 24 heavy (non-hydrogen) atoms. The molecule has 1 N–H and O–H groups in total. The zero-order chi connectivity index (χ0) is 16.7. The molecule has 0 unspecified atom stereocenters. The van der Waals surface area contributed by atoms with Crippen LogP contribution in [0.3, 0.4) is 0 Å². The average Bonchev–Trinajstić information content (AvgIpc) is 3.20. The third-order valence-corrected chi connectivity index (χ3v) is 4.95. The van der Waals surface area contributed by atoms with Crippen LogP contribution in [0, 0.1) is 10.1 Å². The molecule has 7 heteroatoms. The van der Waals surface area contributed by atoms with Crippen molar-refractivity contribution in [3.63, 3.8) is 0 Å². The number of allylic oxidation sites excluding steroid dienone is 1. The molecule has 1 amide bonds. The van der Waals surface area contributed by atoms with E-state index in [1.165, 1.54) is 12.1 Å². The van der Waals surface area contributed by atoms with Crippen molar-refractivity contribution in [3.05, 3.63) is 39.6 Å². The second kappa shape index (κ2) is 5.90. The number of carbonyl (C=O) groups excluding carboxylic acids is 1. The lowest BCUT2D eigenvalue weighted by Crippen LogP contribution is -2.41. The minimum absolute atomic E-state index is 0.0199. The number of hydrogen-bond donors (Lipinski definition) is 1. The Bertz CT molecular complexity index is 729. The number of nitro groups is 1. The molecular formula is C17H19N3O4. The molecule has 1 aromatic rings. The second-order valence-electron chi connectivity index (χ2n) is 6.36. The van der Waals surface area contributed by atoms with Crippen molar-refractivity contribution in [1.82, 2.24) is 5.32 Å². The third kappa shape index (κ3) is 2.36. The molecule has 0 spiro atoms. The molecule has 7 nitrogen and oxygen atoms in total. The molecule has 3 heterocycles. The largest absolute Gasteiger partial charge is 0.388 e. The van der Waals surface area contributed by atoms with Crippen LogP contribution < -0.4 is 10.2 Å². The van der Waals surface area contributed by atoms with Crippen LogP contribution in [-0.2, 0) is 9.53 Å². The summed E-state index contributed by atoms with van der Waals surface area (Å²) in [5, 5.41) is 14.4. The maximum absolute atomic E-state index is 13.1. The Kier molecular flexibility index (Phi) is 3.72. The van der Waals surface area contributed by atoms with E-state index in [9.17, 15) is 14.9 Å². The predicted octanol–water partition coefficient (Wildman–Crippen LogP) is 2.21. The molecule has 2 saturated heterocycles. The number of nitrogens with zero attached hydrogens (tertiary/aromatic N) is 2. The number of non-ortho nitro benzene ring substituents is 1. The number of anilines is 1. The molecule has 0 atom stereocenters. The molecule has 2 fully saturated rings. The molecule has 0 radical (unpaired) electrons. The molecule has 3 aliphatic rings. The van der Waals surface area contributed by atoms with Crippen LogP contribution in [0.2, 0.25) is 0 Å². The van der Waals surface area contributed by atoms with Gasteiger partial charge in [0.25, 0.3) is 11.6 Å². The SMILES string of the molecule is O=C1/C(=C2/CCCN2)c2cc([N+](=O)[O-])ccc2N1C1CCOCC1. The number of rotatable bonds is 2. The Morgan fingerprint density at radius 2 is 2.08 bits per heavy atom. The van der Waals surface area contributed by atoms with Gasteiger partial charge in [0.1, 0.15) is 0 Å². The van der Waals surface area contributed by atoms with E-state index in [0.29, 0.717) is 24.4 Å². The summed E-state index contributed by atoms with van der Waals surface area (Å²) in [6, 6.07) is 4.82. The van der Waals surface area contributed by atoms with E-state index in [2.05, 4.69) is 5.32 Å². The van der Waals surface area contributed by atoms with Gasteiger partial charge in [-0.25, -0.2) is 0 Å². The van der Waals surface area contributed by atoms with Crippen molar-refractivity contribution >= 4 is 22.9 Å². The minimum Gasteiger partial charge on any atom is -0.388 e. The molecule has 1 aromatic carbocycles. The number of fused-ring (bicyclic) bond motifs is 1. The monoisotopic (exact) mass is 329 g/mol. The highest BCUT2D eigenvalue weighted by molar-refractivity contribution is 6.33. The topological polar surface area (TPSA) is 84.7 Å². The van der Waals surface area contributed by atoms with Crippen molar-refractivity contribution in [3.8, 4) is 0 Å². The molecule has 126 valence electrons. The standard InChI is InChI=1S/C17H19N3O4/c21-17-16(14-2-1-7-18-14)13-10-12(20(22)23)3-4-15(13)19(17)11-5-8-24-9-6-11/h3-4,10-11,18H,1-2,5-9H2/b16-14-. The van der Waals surface area contributed by atoms with Gasteiger partial charge in [0.05, 0.1) is 16.2 Å². The summed E-state index contributed by atoms with van der Waals surface area (Å²) < 4.78 is 5.41. The van der Waals surface area contributed by atoms with Crippen molar-refractivity contribution in [2.24, 2.45) is 0 Å². The van der Waals surface area contributed by atoms with Gasteiger partial charge in [-0.3, -0.25) is 14.9 Å². The van der Waals surface area contributed by atoms with Crippen LogP contribution in [0.15, 0.2) is 23.9 Å². The third-order valence-electron chi connectivity index (χ3n) is 4.95. The Morgan fingerprint density at radius 3 is 2.75 bits per heavy atom. The summed E-state index contributed by atoms with van der Waals surface area (Å²) in [6.07, 6.45) is 3.37. The summed E-state index contributed by atoms with van der Waals surface area (Å²) >= 11 is 0. The first kappa shape index (κ1) is 15.1. The number of carbonyl (C=O) groups is 1. The van der Waals surface area contributed by atoms with Gasteiger partial charge in [-0.15, -0.1) is 0 Å². The number of benzene rings is 1. The van der Waals surface area contributed by atoms with Crippen LogP contribution in [-0.4, -0.2) is 36.6 Å². The van der Waals surface area contributed by atoms with Crippen LogP contribution in [0.5, 0.6) is 0 Å². The maximum Gasteiger partial charge on any atom is 0.270 e. The Balaban J connectivity index is 1.84. The first-order chi connectivity index (χ1) is 11.7. The van der Waals surface area contributed by atoms with E-state index in [1.54, 1.807) is 6.07 Å². The number of hydrogen-bond acceptors (Lipinski definition) is 5. The van der Waals surface area contributed by atoms with Crippen molar-refractivity contribution < 1.29 is 14.5 Å². The van der Waals surface area contributed by atoms with E-state index in [0.717, 1.165) is 43.6 Å². The summed E-state index contributed by atoms with van der Waals surface area (Å²) in [5.74, 6) is -0.0400. The highest BCUT2D eigenvalue weighted by Crippen LogP contribution is 2.43. The van der Waals surface area contributed by atoms with E-state index in [1.807, 2.05) is 4.90 Å². The summed E-state index contributed by atoms with van der Waals surface area (Å²) in [7, 11) is 0. The normalized spacial score (nSPS) is 24.2. The minimum atomic E-state index is -0.410. The molecule has 0 aromatic heterocycles. The van der Waals surface area contributed by atoms with Gasteiger partial charge in [-0.05, 0) is 31.7 Å².